The summed E-state index contributed by atoms with van der Waals surface area (Å²) < 4.78 is 43.1. The lowest BCUT2D eigenvalue weighted by atomic mass is 10.2. The summed E-state index contributed by atoms with van der Waals surface area (Å²) in [5, 5.41) is 0. The van der Waals surface area contributed by atoms with Gasteiger partial charge in [0.25, 0.3) is 0 Å². The fourth-order valence-electron chi connectivity index (χ4n) is 1.75. The van der Waals surface area contributed by atoms with Crippen molar-refractivity contribution in [3.8, 4) is 5.75 Å². The van der Waals surface area contributed by atoms with E-state index in [1.807, 2.05) is 0 Å². The first kappa shape index (κ1) is 15.5. The van der Waals surface area contributed by atoms with Crippen LogP contribution in [0.2, 0.25) is 0 Å². The molecule has 0 atom stereocenters. The fraction of sp³-hybridized carbons (Fsp3) is 0.538. The van der Waals surface area contributed by atoms with Gasteiger partial charge < -0.3 is 15.4 Å². The van der Waals surface area contributed by atoms with Gasteiger partial charge in [0.1, 0.15) is 12.3 Å². The Morgan fingerprint density at radius 1 is 1.32 bits per heavy atom. The summed E-state index contributed by atoms with van der Waals surface area (Å²) in [5.74, 6) is 0.410. The number of halogens is 3. The second-order valence-electron chi connectivity index (χ2n) is 4.49. The van der Waals surface area contributed by atoms with Crippen LogP contribution in [0.5, 0.6) is 5.75 Å². The minimum Gasteiger partial charge on any atom is -0.492 e. The van der Waals surface area contributed by atoms with E-state index in [2.05, 4.69) is 0 Å². The molecule has 6 heteroatoms. The van der Waals surface area contributed by atoms with Crippen LogP contribution in [-0.4, -0.2) is 25.4 Å². The van der Waals surface area contributed by atoms with E-state index < -0.39 is 12.7 Å². The fourth-order valence-corrected chi connectivity index (χ4v) is 1.75. The van der Waals surface area contributed by atoms with Crippen LogP contribution in [0, 0.1) is 0 Å². The molecule has 19 heavy (non-hydrogen) atoms. The molecule has 0 saturated carbocycles. The highest BCUT2D eigenvalue weighted by Gasteiger charge is 2.32. The van der Waals surface area contributed by atoms with Crippen molar-refractivity contribution in [3.05, 3.63) is 18.2 Å². The summed E-state index contributed by atoms with van der Waals surface area (Å²) in [7, 11) is 0. The molecule has 0 bridgehead atoms. The number of nitrogen functional groups attached to an aromatic ring is 1. The van der Waals surface area contributed by atoms with E-state index in [4.69, 9.17) is 10.5 Å². The number of rotatable bonds is 5. The van der Waals surface area contributed by atoms with Crippen molar-refractivity contribution in [1.29, 1.82) is 0 Å². The van der Waals surface area contributed by atoms with Crippen LogP contribution in [0.1, 0.15) is 20.8 Å². The predicted molar refractivity (Wildman–Crippen MR) is 70.6 cm³/mol. The summed E-state index contributed by atoms with van der Waals surface area (Å²) in [6.45, 7) is 4.63. The van der Waals surface area contributed by atoms with E-state index in [0.29, 0.717) is 23.7 Å². The van der Waals surface area contributed by atoms with Gasteiger partial charge in [0.15, 0.2) is 0 Å². The van der Waals surface area contributed by atoms with E-state index >= 15 is 0 Å². The highest BCUT2D eigenvalue weighted by atomic mass is 19.4. The zero-order valence-corrected chi connectivity index (χ0v) is 11.3. The van der Waals surface area contributed by atoms with E-state index in [9.17, 15) is 13.2 Å². The third-order valence-corrected chi connectivity index (χ3v) is 2.60. The average molecular weight is 276 g/mol. The van der Waals surface area contributed by atoms with Gasteiger partial charge in [0.2, 0.25) is 0 Å². The van der Waals surface area contributed by atoms with Crippen molar-refractivity contribution < 1.29 is 17.9 Å². The molecule has 0 amide bonds. The first-order chi connectivity index (χ1) is 8.74. The predicted octanol–water partition coefficient (Wildman–Crippen LogP) is 3.44. The first-order valence-corrected chi connectivity index (χ1v) is 6.10. The Labute approximate surface area is 111 Å². The number of anilines is 2. The largest absolute Gasteiger partial charge is 0.492 e. The van der Waals surface area contributed by atoms with Gasteiger partial charge in [-0.25, -0.2) is 0 Å². The second-order valence-corrected chi connectivity index (χ2v) is 4.49. The average Bonchev–Trinajstić information content (AvgIpc) is 2.28. The molecule has 0 aliphatic rings. The third-order valence-electron chi connectivity index (χ3n) is 2.60. The van der Waals surface area contributed by atoms with Gasteiger partial charge in [-0.15, -0.1) is 0 Å². The first-order valence-electron chi connectivity index (χ1n) is 6.10. The smallest absolute Gasteiger partial charge is 0.405 e. The number of hydrogen-bond acceptors (Lipinski definition) is 3. The molecule has 0 unspecified atom stereocenters. The number of nitrogens with two attached hydrogens (primary N) is 1. The number of alkyl halides is 3. The van der Waals surface area contributed by atoms with Crippen LogP contribution >= 0.6 is 0 Å². The molecule has 0 heterocycles. The molecule has 3 nitrogen and oxygen atoms in total. The molecule has 0 aliphatic carbocycles. The summed E-state index contributed by atoms with van der Waals surface area (Å²) >= 11 is 0. The van der Waals surface area contributed by atoms with E-state index in [1.165, 1.54) is 4.90 Å². The lowest BCUT2D eigenvalue weighted by molar-refractivity contribution is -0.120. The molecular weight excluding hydrogens is 257 g/mol. The van der Waals surface area contributed by atoms with Gasteiger partial charge in [-0.2, -0.15) is 13.2 Å². The maximum absolute atomic E-state index is 12.6. The Bertz CT molecular complexity index is 419. The van der Waals surface area contributed by atoms with Crippen molar-refractivity contribution in [2.45, 2.75) is 33.0 Å². The lowest BCUT2D eigenvalue weighted by Crippen LogP contribution is -2.39. The molecule has 0 aromatic heterocycles. The van der Waals surface area contributed by atoms with Crippen LogP contribution < -0.4 is 15.4 Å². The van der Waals surface area contributed by atoms with Crippen LogP contribution in [0.25, 0.3) is 0 Å². The van der Waals surface area contributed by atoms with Gasteiger partial charge in [-0.1, -0.05) is 0 Å². The topological polar surface area (TPSA) is 38.5 Å². The zero-order valence-electron chi connectivity index (χ0n) is 11.3. The molecule has 0 spiro atoms. The van der Waals surface area contributed by atoms with Crippen molar-refractivity contribution in [2.75, 3.05) is 23.8 Å². The quantitative estimate of drug-likeness (QED) is 0.837. The second kappa shape index (κ2) is 6.04. The Morgan fingerprint density at radius 3 is 2.42 bits per heavy atom. The van der Waals surface area contributed by atoms with Crippen molar-refractivity contribution in [1.82, 2.24) is 0 Å². The summed E-state index contributed by atoms with van der Waals surface area (Å²) in [6.07, 6.45) is -4.25. The van der Waals surface area contributed by atoms with Crippen LogP contribution in [0.3, 0.4) is 0 Å². The third kappa shape index (κ3) is 4.54. The van der Waals surface area contributed by atoms with Gasteiger partial charge in [-0.3, -0.25) is 0 Å². The number of ether oxygens (including phenoxy) is 1. The van der Waals surface area contributed by atoms with Crippen molar-refractivity contribution >= 4 is 11.4 Å². The van der Waals surface area contributed by atoms with Gasteiger partial charge in [0.05, 0.1) is 12.3 Å². The minimum atomic E-state index is -4.25. The maximum Gasteiger partial charge on any atom is 0.405 e. The number of benzene rings is 1. The molecular formula is C13H19F3N2O. The Morgan fingerprint density at radius 2 is 1.95 bits per heavy atom. The number of hydrogen-bond donors (Lipinski definition) is 1. The van der Waals surface area contributed by atoms with Gasteiger partial charge in [0, 0.05) is 17.8 Å². The molecule has 1 rings (SSSR count). The monoisotopic (exact) mass is 276 g/mol. The zero-order chi connectivity index (χ0) is 14.6. The summed E-state index contributed by atoms with van der Waals surface area (Å²) in [5.41, 5.74) is 6.58. The lowest BCUT2D eigenvalue weighted by Gasteiger charge is -2.30. The van der Waals surface area contributed by atoms with Gasteiger partial charge in [-0.05, 0) is 32.9 Å². The Kier molecular flexibility index (Phi) is 4.91. The van der Waals surface area contributed by atoms with Crippen LogP contribution in [0.4, 0.5) is 24.5 Å². The minimum absolute atomic E-state index is 0.278. The molecule has 108 valence electrons. The van der Waals surface area contributed by atoms with Crippen LogP contribution in [-0.2, 0) is 0 Å². The molecule has 1 aromatic carbocycles. The summed E-state index contributed by atoms with van der Waals surface area (Å²) in [4.78, 5) is 1.27. The van der Waals surface area contributed by atoms with Crippen molar-refractivity contribution in [2.24, 2.45) is 0 Å². The Balaban J connectivity index is 3.06. The molecule has 0 fully saturated rings. The van der Waals surface area contributed by atoms with E-state index in [0.717, 1.165) is 0 Å². The number of nitrogens with zero attached hydrogens (tertiary/aromatic N) is 1. The Hall–Kier alpha value is -1.59. The molecule has 0 radical (unpaired) electrons. The normalized spacial score (nSPS) is 11.7. The molecule has 2 N–H and O–H groups in total. The van der Waals surface area contributed by atoms with E-state index in [-0.39, 0.29) is 6.04 Å². The standard InChI is InChI=1S/C13H19F3N2O/c1-4-19-12-7-10(5-6-11(12)17)18(9(2)3)8-13(14,15)16/h5-7,9H,4,8,17H2,1-3H3. The van der Waals surface area contributed by atoms with Crippen molar-refractivity contribution in [3.63, 3.8) is 0 Å². The highest BCUT2D eigenvalue weighted by molar-refractivity contribution is 5.62. The SMILES string of the molecule is CCOc1cc(N(CC(F)(F)F)C(C)C)ccc1N. The molecule has 1 aromatic rings. The maximum atomic E-state index is 12.6. The highest BCUT2D eigenvalue weighted by Crippen LogP contribution is 2.30. The molecule has 0 saturated heterocycles. The summed E-state index contributed by atoms with van der Waals surface area (Å²) in [6, 6.07) is 4.40. The molecule has 0 aliphatic heterocycles. The van der Waals surface area contributed by atoms with Gasteiger partial charge >= 0.3 is 6.18 Å². The van der Waals surface area contributed by atoms with Crippen LogP contribution in [0.15, 0.2) is 18.2 Å². The van der Waals surface area contributed by atoms with E-state index in [1.54, 1.807) is 39.0 Å².